The Morgan fingerprint density at radius 2 is 1.42 bits per heavy atom. The van der Waals surface area contributed by atoms with E-state index < -0.39 is 17.5 Å². The molecule has 0 radical (unpaired) electrons. The van der Waals surface area contributed by atoms with Gasteiger partial charge in [0.2, 0.25) is 0 Å². The van der Waals surface area contributed by atoms with E-state index >= 15 is 0 Å². The molecule has 0 aliphatic carbocycles. The first-order chi connectivity index (χ1) is 17.6. The molecule has 1 heterocycles. The third-order valence-electron chi connectivity index (χ3n) is 5.69. The minimum absolute atomic E-state index is 0.0957. The van der Waals surface area contributed by atoms with Crippen LogP contribution in [0, 0.1) is 0 Å². The van der Waals surface area contributed by atoms with Gasteiger partial charge < -0.3 is 14.5 Å². The summed E-state index contributed by atoms with van der Waals surface area (Å²) in [6.45, 7) is 0.290. The van der Waals surface area contributed by atoms with Crippen molar-refractivity contribution in [3.05, 3.63) is 136 Å². The van der Waals surface area contributed by atoms with Gasteiger partial charge in [-0.3, -0.25) is 4.79 Å². The van der Waals surface area contributed by atoms with E-state index in [1.165, 1.54) is 12.1 Å². The van der Waals surface area contributed by atoms with Crippen molar-refractivity contribution in [3.63, 3.8) is 0 Å². The Morgan fingerprint density at radius 1 is 0.750 bits per heavy atom. The van der Waals surface area contributed by atoms with Crippen LogP contribution < -0.4 is 15.7 Å². The van der Waals surface area contributed by atoms with E-state index in [1.54, 1.807) is 24.3 Å². The fourth-order valence-electron chi connectivity index (χ4n) is 3.78. The number of esters is 1. The standard InChI is InChI=1S/C30H21NO5/c32-28(31-19-20-7-3-1-4-8-20)26-17-24-15-16-25(18-27(24)36-30(26)34)35-29(33)23-13-11-22(12-14-23)21-9-5-2-6-10-21/h1-18H,19H2,(H,31,32). The molecule has 0 bridgehead atoms. The van der Waals surface area contributed by atoms with Crippen LogP contribution >= 0.6 is 0 Å². The fourth-order valence-corrected chi connectivity index (χ4v) is 3.78. The molecule has 0 atom stereocenters. The summed E-state index contributed by atoms with van der Waals surface area (Å²) in [6, 6.07) is 32.5. The maximum absolute atomic E-state index is 12.6. The lowest BCUT2D eigenvalue weighted by Crippen LogP contribution is -2.27. The smallest absolute Gasteiger partial charge is 0.349 e. The second kappa shape index (κ2) is 10.1. The van der Waals surface area contributed by atoms with Crippen LogP contribution in [0.1, 0.15) is 26.3 Å². The van der Waals surface area contributed by atoms with Crippen molar-refractivity contribution in [1.29, 1.82) is 0 Å². The van der Waals surface area contributed by atoms with Crippen LogP contribution in [0.5, 0.6) is 5.75 Å². The molecule has 4 aromatic carbocycles. The van der Waals surface area contributed by atoms with Gasteiger partial charge in [0.05, 0.1) is 5.56 Å². The number of hydrogen-bond acceptors (Lipinski definition) is 5. The number of amides is 1. The van der Waals surface area contributed by atoms with Crippen molar-refractivity contribution in [2.45, 2.75) is 6.54 Å². The maximum Gasteiger partial charge on any atom is 0.349 e. The van der Waals surface area contributed by atoms with Crippen LogP contribution in [-0.4, -0.2) is 11.9 Å². The van der Waals surface area contributed by atoms with Crippen molar-refractivity contribution in [3.8, 4) is 16.9 Å². The molecular formula is C30H21NO5. The molecule has 0 spiro atoms. The predicted octanol–water partition coefficient (Wildman–Crippen LogP) is 5.61. The minimum atomic E-state index is -0.770. The van der Waals surface area contributed by atoms with Crippen LogP contribution in [0.15, 0.2) is 118 Å². The van der Waals surface area contributed by atoms with Gasteiger partial charge in [-0.1, -0.05) is 72.8 Å². The molecule has 6 nitrogen and oxygen atoms in total. The van der Waals surface area contributed by atoms with Crippen molar-refractivity contribution >= 4 is 22.8 Å². The molecule has 0 unspecified atom stereocenters. The lowest BCUT2D eigenvalue weighted by atomic mass is 10.0. The predicted molar refractivity (Wildman–Crippen MR) is 137 cm³/mol. The van der Waals surface area contributed by atoms with Crippen LogP contribution in [0.2, 0.25) is 0 Å². The highest BCUT2D eigenvalue weighted by Crippen LogP contribution is 2.23. The molecule has 0 fully saturated rings. The third kappa shape index (κ3) is 5.08. The number of ether oxygens (including phenoxy) is 1. The van der Waals surface area contributed by atoms with Crippen molar-refractivity contribution < 1.29 is 18.7 Å². The summed E-state index contributed by atoms with van der Waals surface area (Å²) in [7, 11) is 0. The second-order valence-corrected chi connectivity index (χ2v) is 8.15. The molecular weight excluding hydrogens is 454 g/mol. The molecule has 1 N–H and O–H groups in total. The zero-order valence-electron chi connectivity index (χ0n) is 19.1. The van der Waals surface area contributed by atoms with Crippen molar-refractivity contribution in [1.82, 2.24) is 5.32 Å². The van der Waals surface area contributed by atoms with Gasteiger partial charge in [-0.15, -0.1) is 0 Å². The highest BCUT2D eigenvalue weighted by molar-refractivity contribution is 5.97. The Kier molecular flexibility index (Phi) is 6.40. The fraction of sp³-hybridized carbons (Fsp3) is 0.0333. The highest BCUT2D eigenvalue weighted by Gasteiger charge is 2.15. The number of fused-ring (bicyclic) bond motifs is 1. The zero-order valence-corrected chi connectivity index (χ0v) is 19.1. The monoisotopic (exact) mass is 475 g/mol. The molecule has 1 amide bonds. The molecule has 0 aliphatic heterocycles. The number of benzene rings is 4. The Hall–Kier alpha value is -4.97. The van der Waals surface area contributed by atoms with Crippen molar-refractivity contribution in [2.24, 2.45) is 0 Å². The summed E-state index contributed by atoms with van der Waals surface area (Å²) in [6.07, 6.45) is 0. The van der Waals surface area contributed by atoms with E-state index in [0.29, 0.717) is 17.5 Å². The van der Waals surface area contributed by atoms with Gasteiger partial charge in [-0.2, -0.15) is 0 Å². The summed E-state index contributed by atoms with van der Waals surface area (Å²) < 4.78 is 10.8. The van der Waals surface area contributed by atoms with E-state index in [2.05, 4.69) is 5.32 Å². The van der Waals surface area contributed by atoms with Crippen LogP contribution in [0.3, 0.4) is 0 Å². The summed E-state index contributed by atoms with van der Waals surface area (Å²) in [5.74, 6) is -0.832. The van der Waals surface area contributed by atoms with E-state index in [4.69, 9.17) is 9.15 Å². The molecule has 0 saturated carbocycles. The molecule has 6 heteroatoms. The maximum atomic E-state index is 12.6. The molecule has 0 aliphatic rings. The van der Waals surface area contributed by atoms with Crippen LogP contribution in [0.4, 0.5) is 0 Å². The number of hydrogen-bond donors (Lipinski definition) is 1. The summed E-state index contributed by atoms with van der Waals surface area (Å²) in [5.41, 5.74) is 2.69. The number of carbonyl (C=O) groups is 2. The average molecular weight is 476 g/mol. The molecule has 176 valence electrons. The van der Waals surface area contributed by atoms with E-state index in [1.807, 2.05) is 72.8 Å². The van der Waals surface area contributed by atoms with Gasteiger partial charge in [0.1, 0.15) is 16.9 Å². The second-order valence-electron chi connectivity index (χ2n) is 8.15. The Bertz CT molecular complexity index is 1590. The van der Waals surface area contributed by atoms with E-state index in [0.717, 1.165) is 16.7 Å². The SMILES string of the molecule is O=C(Oc1ccc2cc(C(=O)NCc3ccccc3)c(=O)oc2c1)c1ccc(-c2ccccc2)cc1. The first kappa shape index (κ1) is 22.8. The summed E-state index contributed by atoms with van der Waals surface area (Å²) in [5, 5.41) is 3.26. The topological polar surface area (TPSA) is 85.6 Å². The number of rotatable bonds is 6. The lowest BCUT2D eigenvalue weighted by Gasteiger charge is -2.08. The normalized spacial score (nSPS) is 10.7. The quantitative estimate of drug-likeness (QED) is 0.196. The Labute approximate surface area is 206 Å². The van der Waals surface area contributed by atoms with Crippen LogP contribution in [-0.2, 0) is 6.54 Å². The zero-order chi connectivity index (χ0) is 24.9. The average Bonchev–Trinajstić information content (AvgIpc) is 2.92. The molecule has 1 aromatic heterocycles. The van der Waals surface area contributed by atoms with E-state index in [9.17, 15) is 14.4 Å². The first-order valence-electron chi connectivity index (χ1n) is 11.3. The van der Waals surface area contributed by atoms with Gasteiger partial charge in [0.15, 0.2) is 0 Å². The van der Waals surface area contributed by atoms with Crippen molar-refractivity contribution in [2.75, 3.05) is 0 Å². The van der Waals surface area contributed by atoms with Gasteiger partial charge in [0.25, 0.3) is 5.91 Å². The minimum Gasteiger partial charge on any atom is -0.423 e. The molecule has 0 saturated heterocycles. The van der Waals surface area contributed by atoms with Gasteiger partial charge in [-0.25, -0.2) is 9.59 Å². The van der Waals surface area contributed by atoms with E-state index in [-0.39, 0.29) is 16.9 Å². The van der Waals surface area contributed by atoms with Crippen LogP contribution in [0.25, 0.3) is 22.1 Å². The third-order valence-corrected chi connectivity index (χ3v) is 5.69. The van der Waals surface area contributed by atoms with Gasteiger partial charge in [0, 0.05) is 18.0 Å². The summed E-state index contributed by atoms with van der Waals surface area (Å²) >= 11 is 0. The number of carbonyl (C=O) groups excluding carboxylic acids is 2. The van der Waals surface area contributed by atoms with Gasteiger partial charge in [-0.05, 0) is 47.0 Å². The molecule has 5 rings (SSSR count). The van der Waals surface area contributed by atoms with Gasteiger partial charge >= 0.3 is 11.6 Å². The highest BCUT2D eigenvalue weighted by atomic mass is 16.5. The molecule has 5 aromatic rings. The molecule has 36 heavy (non-hydrogen) atoms. The summed E-state index contributed by atoms with van der Waals surface area (Å²) in [4.78, 5) is 37.6. The number of nitrogens with one attached hydrogen (secondary N) is 1. The Morgan fingerprint density at radius 3 is 2.14 bits per heavy atom. The first-order valence-corrected chi connectivity index (χ1v) is 11.3. The lowest BCUT2D eigenvalue weighted by molar-refractivity contribution is 0.0734. The largest absolute Gasteiger partial charge is 0.423 e. The Balaban J connectivity index is 1.29.